The number of benzene rings is 2. The number of ether oxygens (including phenoxy) is 1. The lowest BCUT2D eigenvalue weighted by Crippen LogP contribution is -2.62. The molecule has 1 unspecified atom stereocenters. The molecule has 1 aliphatic carbocycles. The summed E-state index contributed by atoms with van der Waals surface area (Å²) in [4.78, 5) is 141. The highest BCUT2D eigenvalue weighted by molar-refractivity contribution is 6.30. The largest absolute Gasteiger partial charge is 0.458 e. The Labute approximate surface area is 461 Å². The van der Waals surface area contributed by atoms with E-state index in [-0.39, 0.29) is 43.8 Å². The summed E-state index contributed by atoms with van der Waals surface area (Å²) in [5.74, 6) is -11.0. The summed E-state index contributed by atoms with van der Waals surface area (Å²) in [6.07, 6.45) is 1.46. The number of cyclic esters (lactones) is 1. The minimum atomic E-state index is -1.93. The highest BCUT2D eigenvalue weighted by atomic mass is 35.5. The number of nitrogens with zero attached hydrogens (tertiary/aromatic N) is 4. The Hall–Kier alpha value is -7.89. The van der Waals surface area contributed by atoms with Gasteiger partial charge >= 0.3 is 5.97 Å². The van der Waals surface area contributed by atoms with E-state index >= 15 is 14.4 Å². The van der Waals surface area contributed by atoms with E-state index in [0.717, 1.165) is 6.07 Å². The van der Waals surface area contributed by atoms with Crippen LogP contribution in [0.3, 0.4) is 0 Å². The fourth-order valence-electron chi connectivity index (χ4n) is 10.1. The average Bonchev–Trinajstić information content (AvgIpc) is 3.99. The molecule has 1 saturated carbocycles. The van der Waals surface area contributed by atoms with E-state index < -0.39 is 153 Å². The number of nitro groups is 2. The molecule has 6 rings (SSSR count). The van der Waals surface area contributed by atoms with Gasteiger partial charge in [0.15, 0.2) is 0 Å². The molecule has 0 spiro atoms. The maximum Gasteiger partial charge on any atom is 0.329 e. The molecule has 7 amide bonds. The Kier molecular flexibility index (Phi) is 20.7. The summed E-state index contributed by atoms with van der Waals surface area (Å²) in [5.41, 5.74) is 0.705. The molecule has 0 bridgehead atoms. The lowest BCUT2D eigenvalue weighted by molar-refractivity contribution is -0.498. The van der Waals surface area contributed by atoms with Crippen molar-refractivity contribution in [2.45, 2.75) is 146 Å². The zero-order valence-corrected chi connectivity index (χ0v) is 45.5. The monoisotopic (exact) mass is 1120 g/mol. The summed E-state index contributed by atoms with van der Waals surface area (Å²) in [7, 11) is 0. The van der Waals surface area contributed by atoms with Gasteiger partial charge in [0, 0.05) is 47.0 Å². The molecule has 0 radical (unpaired) electrons. The van der Waals surface area contributed by atoms with Crippen LogP contribution in [0.1, 0.15) is 114 Å². The number of aromatic nitrogens is 1. The fraction of sp³-hybridized carbons (Fsp3) is 0.519. The molecule has 2 aliphatic heterocycles. The molecule has 3 fully saturated rings. The van der Waals surface area contributed by atoms with Crippen molar-refractivity contribution in [3.05, 3.63) is 127 Å². The number of rotatable bonds is 18. The Bertz CT molecular complexity index is 2760. The van der Waals surface area contributed by atoms with Gasteiger partial charge in [-0.15, -0.1) is 0 Å². The van der Waals surface area contributed by atoms with E-state index in [2.05, 4.69) is 31.9 Å². The third-order valence-electron chi connectivity index (χ3n) is 15.1. The molecular weight excluding hydrogens is 1050 g/mol. The number of allylic oxidation sites excluding steroid dienone is 1. The number of hydrogen-bond acceptors (Lipinski definition) is 14. The molecule has 3 aliphatic rings. The Morgan fingerprint density at radius 1 is 0.835 bits per heavy atom. The zero-order chi connectivity index (χ0) is 57.8. The maximum absolute atomic E-state index is 15.1. The predicted molar refractivity (Wildman–Crippen MR) is 285 cm³/mol. The lowest BCUT2D eigenvalue weighted by Gasteiger charge is -2.34. The van der Waals surface area contributed by atoms with Gasteiger partial charge in [-0.25, -0.2) is 4.79 Å². The van der Waals surface area contributed by atoms with Gasteiger partial charge in [0.25, 0.3) is 5.91 Å². The predicted octanol–water partition coefficient (Wildman–Crippen LogP) is 3.41. The molecule has 79 heavy (non-hydrogen) atoms. The van der Waals surface area contributed by atoms with Gasteiger partial charge in [-0.3, -0.25) is 53.8 Å². The fourth-order valence-corrected chi connectivity index (χ4v) is 10.3. The highest BCUT2D eigenvalue weighted by Crippen LogP contribution is 2.37. The average molecular weight is 1120 g/mol. The van der Waals surface area contributed by atoms with E-state index in [0.29, 0.717) is 22.3 Å². The first-order valence-corrected chi connectivity index (χ1v) is 26.8. The number of carbonyl (C=O) groups is 8. The van der Waals surface area contributed by atoms with Gasteiger partial charge in [0.05, 0.1) is 0 Å². The first-order chi connectivity index (χ1) is 37.5. The van der Waals surface area contributed by atoms with Crippen LogP contribution in [0.4, 0.5) is 0 Å². The Morgan fingerprint density at radius 2 is 1.42 bits per heavy atom. The number of carbonyl (C=O) groups excluding carboxylic acids is 8. The van der Waals surface area contributed by atoms with Crippen molar-refractivity contribution in [3.8, 4) is 0 Å². The molecular formula is C54H69ClN10O14. The summed E-state index contributed by atoms with van der Waals surface area (Å²) in [6, 6.07) is 7.67. The Balaban J connectivity index is 1.48. The van der Waals surface area contributed by atoms with Crippen LogP contribution < -0.4 is 31.9 Å². The third-order valence-corrected chi connectivity index (χ3v) is 15.4. The maximum atomic E-state index is 15.1. The molecule has 3 heterocycles. The van der Waals surface area contributed by atoms with Gasteiger partial charge in [0.2, 0.25) is 48.0 Å². The van der Waals surface area contributed by atoms with Crippen LogP contribution in [-0.4, -0.2) is 140 Å². The second-order valence-corrected chi connectivity index (χ2v) is 21.0. The standard InChI is InChI=1S/C54H69ClN10O14/c1-7-16-33-25-41-54(73)79-32(6)46(61-47(66)37(21-15-24-63(74)75)56-49(68)39-22-23-42(55)64(39)76)52(71)60-44(30(4)34-17-11-9-12-18-34)50(69)57-38(26-36-27-40(36)65(77)78)48(67)59-45(31(5)35-19-13-10-14-20-35)51(70)58-43(29(3)8-2)53(72)62(41)28-33/h7,9-14,16-20,22-23,29-33,36-38,40-41,43-46,76H,8,15,21,24-28H2,1-6H3,(H,56,68)(H,57,69)(H,58,70)(H,59,67)(H,60,71)(H,61,66)/b16-7-/t29-,30+,31+,32+,33-,36+,37-,38+,40+,41-,43-,44?,45-,46+/m0/s1. The van der Waals surface area contributed by atoms with E-state index in [4.69, 9.17) is 16.3 Å². The normalized spacial score (nSPS) is 26.7. The van der Waals surface area contributed by atoms with Crippen molar-refractivity contribution in [1.82, 2.24) is 41.5 Å². The van der Waals surface area contributed by atoms with Gasteiger partial charge in [-0.1, -0.05) is 119 Å². The van der Waals surface area contributed by atoms with Gasteiger partial charge < -0.3 is 46.7 Å². The molecule has 1 aromatic heterocycles. The summed E-state index contributed by atoms with van der Waals surface area (Å²) >= 11 is 5.95. The molecule has 2 aromatic carbocycles. The van der Waals surface area contributed by atoms with Gasteiger partial charge in [-0.2, -0.15) is 4.73 Å². The summed E-state index contributed by atoms with van der Waals surface area (Å²) in [5, 5.41) is 49.5. The van der Waals surface area contributed by atoms with Gasteiger partial charge in [-0.05, 0) is 68.2 Å². The van der Waals surface area contributed by atoms with Crippen LogP contribution in [0.15, 0.2) is 84.9 Å². The number of esters is 1. The first-order valence-electron chi connectivity index (χ1n) is 26.4. The number of nitrogens with one attached hydrogen (secondary N) is 6. The minimum Gasteiger partial charge on any atom is -0.458 e. The van der Waals surface area contributed by atoms with E-state index in [9.17, 15) is 49.4 Å². The van der Waals surface area contributed by atoms with E-state index in [1.807, 2.05) is 0 Å². The quantitative estimate of drug-likeness (QED) is 0.0316. The van der Waals surface area contributed by atoms with Crippen molar-refractivity contribution >= 4 is 58.9 Å². The molecule has 7 N–H and O–H groups in total. The van der Waals surface area contributed by atoms with Crippen molar-refractivity contribution in [1.29, 1.82) is 0 Å². The Morgan fingerprint density at radius 3 is 1.95 bits per heavy atom. The molecule has 426 valence electrons. The number of halogens is 1. The second-order valence-electron chi connectivity index (χ2n) is 20.6. The highest BCUT2D eigenvalue weighted by Gasteiger charge is 2.51. The van der Waals surface area contributed by atoms with Crippen LogP contribution in [0.5, 0.6) is 0 Å². The first kappa shape index (κ1) is 60.3. The van der Waals surface area contributed by atoms with Crippen molar-refractivity contribution < 1.29 is 58.1 Å². The summed E-state index contributed by atoms with van der Waals surface area (Å²) in [6.45, 7) is 9.21. The number of hydrogen-bond donors (Lipinski definition) is 7. The van der Waals surface area contributed by atoms with Crippen LogP contribution >= 0.6 is 11.6 Å². The van der Waals surface area contributed by atoms with Gasteiger partial charge in [0.1, 0.15) is 59.2 Å². The van der Waals surface area contributed by atoms with Crippen LogP contribution in [0, 0.1) is 38.0 Å². The molecule has 25 heteroatoms. The summed E-state index contributed by atoms with van der Waals surface area (Å²) < 4.78 is 6.39. The lowest BCUT2D eigenvalue weighted by atomic mass is 9.90. The number of amides is 7. The zero-order valence-electron chi connectivity index (χ0n) is 44.7. The molecule has 14 atom stereocenters. The molecule has 24 nitrogen and oxygen atoms in total. The third kappa shape index (κ3) is 15.2. The van der Waals surface area contributed by atoms with Crippen molar-refractivity contribution in [3.63, 3.8) is 0 Å². The topological polar surface area (TPSA) is 333 Å². The van der Waals surface area contributed by atoms with Crippen LogP contribution in [0.2, 0.25) is 5.15 Å². The van der Waals surface area contributed by atoms with Crippen molar-refractivity contribution in [2.24, 2.45) is 17.8 Å². The van der Waals surface area contributed by atoms with Crippen LogP contribution in [0.25, 0.3) is 0 Å². The minimum absolute atomic E-state index is 0.00382. The van der Waals surface area contributed by atoms with E-state index in [1.165, 1.54) is 17.9 Å². The number of fused-ring (bicyclic) bond motifs is 1. The molecule has 3 aromatic rings. The SMILES string of the molecule is C/C=C\[C@H]1C[C@H]2C(=O)O[C@H](C)[C@@H](NC(=O)[C@H](CCC[N+](=O)[O-])NC(=O)c3ccc(Cl)n3O)C(=O)NC([C@H](C)c3ccccc3)C(=O)N[C@H](C[C@@H]3C[C@H]3[N+](=O)[O-])C(=O)N[C@@H]([C@H](C)c3ccccc3)C(=O)N[C@@H]([C@@H](C)CC)C(=O)N2C1. The van der Waals surface area contributed by atoms with E-state index in [1.54, 1.807) is 107 Å². The molecule has 2 saturated heterocycles. The van der Waals surface area contributed by atoms with Crippen molar-refractivity contribution in [2.75, 3.05) is 13.1 Å². The second kappa shape index (κ2) is 27.1. The smallest absolute Gasteiger partial charge is 0.329 e. The van der Waals surface area contributed by atoms with Crippen LogP contribution in [-0.2, 0) is 38.3 Å².